The predicted molar refractivity (Wildman–Crippen MR) is 144 cm³/mol. The van der Waals surface area contributed by atoms with E-state index in [0.717, 1.165) is 34.0 Å². The number of anilines is 1. The second-order valence-corrected chi connectivity index (χ2v) is 12.1. The van der Waals surface area contributed by atoms with Crippen LogP contribution in [0.2, 0.25) is 0 Å². The molecule has 2 aromatic heterocycles. The van der Waals surface area contributed by atoms with Crippen molar-refractivity contribution in [1.29, 1.82) is 0 Å². The van der Waals surface area contributed by atoms with Gasteiger partial charge in [-0.05, 0) is 54.0 Å². The molecule has 0 aliphatic carbocycles. The molecule has 0 spiro atoms. The van der Waals surface area contributed by atoms with Crippen LogP contribution >= 0.6 is 22.7 Å². The number of hydrogen-bond acceptors (Lipinski definition) is 6. The first-order chi connectivity index (χ1) is 16.9. The summed E-state index contributed by atoms with van der Waals surface area (Å²) in [5.41, 5.74) is 3.21. The average Bonchev–Trinajstić information content (AvgIpc) is 3.52. The molecule has 3 N–H and O–H groups in total. The SMILES string of the molecule is O=S(CCCc1ccccc1)N[C@@H](Cc1ccc(NS(=O)(=O)O)cc1)c1csc(-c2cccs2)n1. The number of aryl methyl sites for hydroxylation is 1. The molecule has 1 unspecified atom stereocenters. The Bertz CT molecular complexity index is 1340. The van der Waals surface area contributed by atoms with Gasteiger partial charge in [0.2, 0.25) is 0 Å². The quantitative estimate of drug-likeness (QED) is 0.210. The van der Waals surface area contributed by atoms with E-state index < -0.39 is 21.3 Å². The van der Waals surface area contributed by atoms with Gasteiger partial charge < -0.3 is 0 Å². The number of benzene rings is 2. The van der Waals surface area contributed by atoms with Gasteiger partial charge in [-0.1, -0.05) is 48.5 Å². The Kier molecular flexibility index (Phi) is 8.82. The van der Waals surface area contributed by atoms with Crippen molar-refractivity contribution in [3.63, 3.8) is 0 Å². The van der Waals surface area contributed by atoms with E-state index in [1.165, 1.54) is 5.56 Å². The molecule has 0 fully saturated rings. The van der Waals surface area contributed by atoms with Crippen molar-refractivity contribution >= 4 is 49.7 Å². The van der Waals surface area contributed by atoms with Crippen LogP contribution < -0.4 is 9.44 Å². The van der Waals surface area contributed by atoms with Gasteiger partial charge in [-0.2, -0.15) is 8.42 Å². The van der Waals surface area contributed by atoms with Gasteiger partial charge in [-0.15, -0.1) is 22.7 Å². The van der Waals surface area contributed by atoms with Crippen molar-refractivity contribution in [2.24, 2.45) is 0 Å². The van der Waals surface area contributed by atoms with Crippen LogP contribution in [0.5, 0.6) is 0 Å². The van der Waals surface area contributed by atoms with Crippen LogP contribution in [0.15, 0.2) is 77.5 Å². The minimum absolute atomic E-state index is 0.263. The van der Waals surface area contributed by atoms with Gasteiger partial charge in [0.15, 0.2) is 0 Å². The molecule has 4 aromatic rings. The van der Waals surface area contributed by atoms with Crippen LogP contribution in [0.4, 0.5) is 5.69 Å². The molecule has 0 aliphatic heterocycles. The summed E-state index contributed by atoms with van der Waals surface area (Å²) >= 11 is 3.18. The first-order valence-corrected chi connectivity index (χ1v) is 15.4. The van der Waals surface area contributed by atoms with E-state index in [4.69, 9.17) is 9.54 Å². The molecule has 35 heavy (non-hydrogen) atoms. The third kappa shape index (κ3) is 8.06. The Hall–Kier alpha value is -2.41. The van der Waals surface area contributed by atoms with Crippen LogP contribution in [0.25, 0.3) is 9.88 Å². The fourth-order valence-corrected chi connectivity index (χ4v) is 6.70. The number of thiophene rings is 1. The van der Waals surface area contributed by atoms with E-state index in [1.54, 1.807) is 46.9 Å². The highest BCUT2D eigenvalue weighted by Gasteiger charge is 2.19. The highest BCUT2D eigenvalue weighted by Crippen LogP contribution is 2.31. The average molecular weight is 548 g/mol. The molecule has 0 saturated heterocycles. The Morgan fingerprint density at radius 1 is 0.971 bits per heavy atom. The molecule has 0 amide bonds. The summed E-state index contributed by atoms with van der Waals surface area (Å²) in [5, 5.41) is 4.92. The summed E-state index contributed by atoms with van der Waals surface area (Å²) in [4.78, 5) is 5.89. The van der Waals surface area contributed by atoms with Gasteiger partial charge in [-0.25, -0.2) is 13.9 Å². The lowest BCUT2D eigenvalue weighted by Crippen LogP contribution is -2.27. The van der Waals surface area contributed by atoms with Crippen LogP contribution in [0.1, 0.15) is 29.3 Å². The third-order valence-electron chi connectivity index (χ3n) is 5.16. The lowest BCUT2D eigenvalue weighted by molar-refractivity contribution is 0.489. The fourth-order valence-electron chi connectivity index (χ4n) is 3.53. The summed E-state index contributed by atoms with van der Waals surface area (Å²) in [5.74, 6) is 0.518. The largest absolute Gasteiger partial charge is 0.357 e. The molecule has 2 atom stereocenters. The topological polar surface area (TPSA) is 108 Å². The maximum absolute atomic E-state index is 12.9. The van der Waals surface area contributed by atoms with Crippen molar-refractivity contribution in [1.82, 2.24) is 9.71 Å². The summed E-state index contributed by atoms with van der Waals surface area (Å²) in [7, 11) is -5.58. The normalized spacial score (nSPS) is 13.4. The van der Waals surface area contributed by atoms with Gasteiger partial charge in [-0.3, -0.25) is 9.27 Å². The van der Waals surface area contributed by atoms with Crippen LogP contribution in [-0.4, -0.2) is 27.9 Å². The molecule has 0 bridgehead atoms. The highest BCUT2D eigenvalue weighted by molar-refractivity contribution is 7.87. The van der Waals surface area contributed by atoms with Crippen LogP contribution in [-0.2, 0) is 34.1 Å². The van der Waals surface area contributed by atoms with E-state index >= 15 is 0 Å². The molecule has 0 saturated carbocycles. The maximum atomic E-state index is 12.9. The van der Waals surface area contributed by atoms with Crippen molar-refractivity contribution in [2.45, 2.75) is 25.3 Å². The van der Waals surface area contributed by atoms with Crippen molar-refractivity contribution in [3.8, 4) is 9.88 Å². The minimum atomic E-state index is -4.33. The van der Waals surface area contributed by atoms with E-state index in [-0.39, 0.29) is 11.7 Å². The van der Waals surface area contributed by atoms with E-state index in [1.807, 2.05) is 45.8 Å². The highest BCUT2D eigenvalue weighted by atomic mass is 32.2. The maximum Gasteiger partial charge on any atom is 0.357 e. The molecule has 2 aromatic carbocycles. The summed E-state index contributed by atoms with van der Waals surface area (Å²) in [6.07, 6.45) is 2.18. The van der Waals surface area contributed by atoms with Crippen molar-refractivity contribution < 1.29 is 17.2 Å². The molecule has 11 heteroatoms. The molecule has 7 nitrogen and oxygen atoms in total. The predicted octanol–water partition coefficient (Wildman–Crippen LogP) is 5.26. The minimum Gasteiger partial charge on any atom is -0.269 e. The monoisotopic (exact) mass is 547 g/mol. The number of hydrogen-bond donors (Lipinski definition) is 3. The van der Waals surface area contributed by atoms with Crippen molar-refractivity contribution in [3.05, 3.63) is 94.3 Å². The van der Waals surface area contributed by atoms with E-state index in [9.17, 15) is 12.6 Å². The molecular weight excluding hydrogens is 523 g/mol. The fraction of sp³-hybridized carbons (Fsp3) is 0.208. The van der Waals surface area contributed by atoms with Gasteiger partial charge in [0.1, 0.15) is 5.01 Å². The van der Waals surface area contributed by atoms with Gasteiger partial charge in [0.25, 0.3) is 0 Å². The molecule has 2 heterocycles. The Morgan fingerprint density at radius 2 is 1.74 bits per heavy atom. The standard InChI is InChI=1S/C24H25N3O4S4/c28-34(15-5-8-18-6-2-1-3-7-18)26-21(22-17-33-24(25-22)23-9-4-14-32-23)16-19-10-12-20(13-11-19)27-35(29,30)31/h1-4,6-7,9-14,17,21,26-27H,5,8,15-16H2,(H,29,30,31)/t21-,34?/m0/s1. The van der Waals surface area contributed by atoms with Gasteiger partial charge >= 0.3 is 10.3 Å². The lowest BCUT2D eigenvalue weighted by atomic mass is 10.0. The number of rotatable bonds is 12. The summed E-state index contributed by atoms with van der Waals surface area (Å²) in [6.45, 7) is 0. The Morgan fingerprint density at radius 3 is 2.43 bits per heavy atom. The molecule has 0 radical (unpaired) electrons. The number of nitrogens with one attached hydrogen (secondary N) is 2. The number of aromatic nitrogens is 1. The zero-order valence-electron chi connectivity index (χ0n) is 18.7. The van der Waals surface area contributed by atoms with Crippen LogP contribution in [0, 0.1) is 0 Å². The molecule has 4 rings (SSSR count). The molecule has 0 aliphatic rings. The van der Waals surface area contributed by atoms with E-state index in [2.05, 4.69) is 16.9 Å². The van der Waals surface area contributed by atoms with Crippen molar-refractivity contribution in [2.75, 3.05) is 10.5 Å². The van der Waals surface area contributed by atoms with Crippen LogP contribution in [0.3, 0.4) is 0 Å². The van der Waals surface area contributed by atoms with Gasteiger partial charge in [0, 0.05) is 11.1 Å². The zero-order chi connectivity index (χ0) is 24.7. The zero-order valence-corrected chi connectivity index (χ0v) is 21.9. The van der Waals surface area contributed by atoms with E-state index in [0.29, 0.717) is 12.2 Å². The Labute approximate surface area is 215 Å². The third-order valence-corrected chi connectivity index (χ3v) is 8.76. The first-order valence-electron chi connectivity index (χ1n) is 10.9. The Balaban J connectivity index is 1.45. The molecule has 184 valence electrons. The summed E-state index contributed by atoms with van der Waals surface area (Å²) < 4.78 is 49.3. The van der Waals surface area contributed by atoms with Gasteiger partial charge in [0.05, 0.1) is 33.3 Å². The number of nitrogens with zero attached hydrogens (tertiary/aromatic N) is 1. The first kappa shape index (κ1) is 25.7. The smallest absolute Gasteiger partial charge is 0.269 e. The molecular formula is C24H25N3O4S4. The second-order valence-electron chi connectivity index (χ2n) is 7.84. The summed E-state index contributed by atoms with van der Waals surface area (Å²) in [6, 6.07) is 20.6. The lowest BCUT2D eigenvalue weighted by Gasteiger charge is -2.17. The second kappa shape index (κ2) is 12.0. The number of thiazole rings is 1.